The van der Waals surface area contributed by atoms with Gasteiger partial charge in [-0.3, -0.25) is 0 Å². The molecule has 0 spiro atoms. The van der Waals surface area contributed by atoms with E-state index in [1.807, 2.05) is 0 Å². The summed E-state index contributed by atoms with van der Waals surface area (Å²) >= 11 is 0. The maximum atomic E-state index is 11.1. The Kier molecular flexibility index (Phi) is 5.27. The van der Waals surface area contributed by atoms with Gasteiger partial charge in [0.15, 0.2) is 0 Å². The van der Waals surface area contributed by atoms with Crippen molar-refractivity contribution in [2.24, 2.45) is 5.16 Å². The van der Waals surface area contributed by atoms with E-state index >= 15 is 0 Å². The summed E-state index contributed by atoms with van der Waals surface area (Å²) in [6.45, 7) is 2.06. The van der Waals surface area contributed by atoms with Crippen LogP contribution in [0.25, 0.3) is 0 Å². The van der Waals surface area contributed by atoms with Crippen molar-refractivity contribution >= 4 is 11.7 Å². The number of hydrogen-bond donors (Lipinski definition) is 0. The van der Waals surface area contributed by atoms with Crippen LogP contribution in [0.2, 0.25) is 0 Å². The van der Waals surface area contributed by atoms with Gasteiger partial charge in [0, 0.05) is 6.42 Å². The zero-order valence-corrected chi connectivity index (χ0v) is 8.92. The summed E-state index contributed by atoms with van der Waals surface area (Å²) in [5, 5.41) is 3.90. The van der Waals surface area contributed by atoms with Crippen molar-refractivity contribution < 1.29 is 9.63 Å². The quantitative estimate of drug-likeness (QED) is 0.513. The molecule has 0 radical (unpaired) electrons. The molecule has 0 saturated heterocycles. The Labute approximate surface area is 85.5 Å². The van der Waals surface area contributed by atoms with E-state index in [-0.39, 0.29) is 5.97 Å². The zero-order valence-electron chi connectivity index (χ0n) is 8.92. The van der Waals surface area contributed by atoms with Crippen LogP contribution in [0, 0.1) is 0 Å². The minimum absolute atomic E-state index is 0.190. The first-order chi connectivity index (χ1) is 6.83. The average molecular weight is 197 g/mol. The fraction of sp³-hybridized carbons (Fsp3) is 0.818. The monoisotopic (exact) mass is 197 g/mol. The SMILES string of the molecule is CCCCC(=O)ON=C1CCCCC1. The molecule has 0 unspecified atom stereocenters. The third-order valence-electron chi connectivity index (χ3n) is 2.44. The van der Waals surface area contributed by atoms with Crippen LogP contribution in [0.5, 0.6) is 0 Å². The smallest absolute Gasteiger partial charge is 0.318 e. The van der Waals surface area contributed by atoms with Crippen molar-refractivity contribution in [3.8, 4) is 0 Å². The standard InChI is InChI=1S/C11H19NO2/c1-2-3-9-11(13)14-12-10-7-5-4-6-8-10/h2-9H2,1H3. The maximum absolute atomic E-state index is 11.1. The van der Waals surface area contributed by atoms with E-state index in [2.05, 4.69) is 12.1 Å². The molecule has 0 atom stereocenters. The first-order valence-electron chi connectivity index (χ1n) is 5.58. The molecule has 1 aliphatic carbocycles. The summed E-state index contributed by atoms with van der Waals surface area (Å²) in [6, 6.07) is 0. The van der Waals surface area contributed by atoms with E-state index in [0.717, 1.165) is 31.4 Å². The van der Waals surface area contributed by atoms with E-state index in [0.29, 0.717) is 6.42 Å². The molecule has 1 aliphatic rings. The highest BCUT2D eigenvalue weighted by molar-refractivity contribution is 5.85. The summed E-state index contributed by atoms with van der Waals surface area (Å²) in [5.74, 6) is -0.190. The van der Waals surface area contributed by atoms with Gasteiger partial charge in [0.2, 0.25) is 0 Å². The van der Waals surface area contributed by atoms with Crippen molar-refractivity contribution in [3.63, 3.8) is 0 Å². The zero-order chi connectivity index (χ0) is 10.2. The molecular weight excluding hydrogens is 178 g/mol. The number of rotatable bonds is 4. The van der Waals surface area contributed by atoms with Gasteiger partial charge in [-0.15, -0.1) is 0 Å². The van der Waals surface area contributed by atoms with Crippen molar-refractivity contribution in [1.29, 1.82) is 0 Å². The topological polar surface area (TPSA) is 38.7 Å². The molecule has 0 aromatic heterocycles. The first-order valence-corrected chi connectivity index (χ1v) is 5.58. The van der Waals surface area contributed by atoms with Crippen LogP contribution in [-0.4, -0.2) is 11.7 Å². The van der Waals surface area contributed by atoms with Crippen molar-refractivity contribution in [1.82, 2.24) is 0 Å². The highest BCUT2D eigenvalue weighted by atomic mass is 16.7. The largest absolute Gasteiger partial charge is 0.335 e. The van der Waals surface area contributed by atoms with Gasteiger partial charge < -0.3 is 4.84 Å². The molecule has 3 nitrogen and oxygen atoms in total. The molecule has 0 heterocycles. The van der Waals surface area contributed by atoms with Crippen molar-refractivity contribution in [2.45, 2.75) is 58.3 Å². The Morgan fingerprint density at radius 1 is 1.36 bits per heavy atom. The van der Waals surface area contributed by atoms with E-state index in [1.54, 1.807) is 0 Å². The number of carbonyl (C=O) groups is 1. The van der Waals surface area contributed by atoms with Crippen LogP contribution in [0.1, 0.15) is 58.3 Å². The predicted octanol–water partition coefficient (Wildman–Crippen LogP) is 3.04. The second kappa shape index (κ2) is 6.57. The van der Waals surface area contributed by atoms with E-state index < -0.39 is 0 Å². The van der Waals surface area contributed by atoms with Crippen LogP contribution in [0.4, 0.5) is 0 Å². The van der Waals surface area contributed by atoms with Gasteiger partial charge >= 0.3 is 5.97 Å². The third kappa shape index (κ3) is 4.40. The Bertz CT molecular complexity index is 203. The summed E-state index contributed by atoms with van der Waals surface area (Å²) in [6.07, 6.45) is 8.06. The van der Waals surface area contributed by atoms with Gasteiger partial charge in [-0.05, 0) is 32.1 Å². The number of hydrogen-bond acceptors (Lipinski definition) is 3. The average Bonchev–Trinajstić information content (AvgIpc) is 2.25. The Morgan fingerprint density at radius 3 is 2.71 bits per heavy atom. The van der Waals surface area contributed by atoms with Gasteiger partial charge in [-0.2, -0.15) is 0 Å². The third-order valence-corrected chi connectivity index (χ3v) is 2.44. The van der Waals surface area contributed by atoms with Crippen LogP contribution >= 0.6 is 0 Å². The highest BCUT2D eigenvalue weighted by Gasteiger charge is 2.08. The molecule has 1 saturated carbocycles. The molecule has 0 aliphatic heterocycles. The Hall–Kier alpha value is -0.860. The van der Waals surface area contributed by atoms with Gasteiger partial charge in [0.1, 0.15) is 0 Å². The fourth-order valence-corrected chi connectivity index (χ4v) is 1.53. The second-order valence-electron chi connectivity index (χ2n) is 3.79. The summed E-state index contributed by atoms with van der Waals surface area (Å²) in [5.41, 5.74) is 1.06. The summed E-state index contributed by atoms with van der Waals surface area (Å²) < 4.78 is 0. The van der Waals surface area contributed by atoms with E-state index in [9.17, 15) is 4.79 Å². The van der Waals surface area contributed by atoms with Crippen LogP contribution in [0.3, 0.4) is 0 Å². The van der Waals surface area contributed by atoms with Crippen molar-refractivity contribution in [3.05, 3.63) is 0 Å². The maximum Gasteiger partial charge on any atom is 0.335 e. The van der Waals surface area contributed by atoms with Crippen LogP contribution in [-0.2, 0) is 9.63 Å². The Morgan fingerprint density at radius 2 is 2.07 bits per heavy atom. The minimum atomic E-state index is -0.190. The van der Waals surface area contributed by atoms with Gasteiger partial charge in [-0.1, -0.05) is 24.9 Å². The van der Waals surface area contributed by atoms with E-state index in [4.69, 9.17) is 4.84 Å². The van der Waals surface area contributed by atoms with Crippen LogP contribution < -0.4 is 0 Å². The fourth-order valence-electron chi connectivity index (χ4n) is 1.53. The lowest BCUT2D eigenvalue weighted by Crippen LogP contribution is -2.07. The molecule has 0 aromatic rings. The first kappa shape index (κ1) is 11.2. The molecule has 0 amide bonds. The molecular formula is C11H19NO2. The van der Waals surface area contributed by atoms with Gasteiger partial charge in [0.05, 0.1) is 5.71 Å². The van der Waals surface area contributed by atoms with Gasteiger partial charge in [-0.25, -0.2) is 4.79 Å². The van der Waals surface area contributed by atoms with E-state index in [1.165, 1.54) is 19.3 Å². The van der Waals surface area contributed by atoms with Gasteiger partial charge in [0.25, 0.3) is 0 Å². The summed E-state index contributed by atoms with van der Waals surface area (Å²) in [4.78, 5) is 15.9. The predicted molar refractivity (Wildman–Crippen MR) is 56.1 cm³/mol. The molecule has 1 fully saturated rings. The second-order valence-corrected chi connectivity index (χ2v) is 3.79. The Balaban J connectivity index is 2.19. The summed E-state index contributed by atoms with van der Waals surface area (Å²) in [7, 11) is 0. The number of carbonyl (C=O) groups excluding carboxylic acids is 1. The molecule has 0 bridgehead atoms. The molecule has 0 aromatic carbocycles. The van der Waals surface area contributed by atoms with Crippen molar-refractivity contribution in [2.75, 3.05) is 0 Å². The van der Waals surface area contributed by atoms with Crippen LogP contribution in [0.15, 0.2) is 5.16 Å². The molecule has 0 N–H and O–H groups in total. The number of nitrogens with zero attached hydrogens (tertiary/aromatic N) is 1. The normalized spacial score (nSPS) is 16.5. The lowest BCUT2D eigenvalue weighted by Gasteiger charge is -2.10. The highest BCUT2D eigenvalue weighted by Crippen LogP contribution is 2.14. The lowest BCUT2D eigenvalue weighted by atomic mass is 9.99. The molecule has 14 heavy (non-hydrogen) atoms. The lowest BCUT2D eigenvalue weighted by molar-refractivity contribution is -0.143. The molecule has 3 heteroatoms. The number of oxime groups is 1. The minimum Gasteiger partial charge on any atom is -0.318 e. The molecule has 1 rings (SSSR count). The molecule has 80 valence electrons. The number of unbranched alkanes of at least 4 members (excludes halogenated alkanes) is 1.